The van der Waals surface area contributed by atoms with Crippen LogP contribution in [0.5, 0.6) is 0 Å². The Morgan fingerprint density at radius 1 is 0.839 bits per heavy atom. The van der Waals surface area contributed by atoms with Gasteiger partial charge < -0.3 is 5.32 Å². The third-order valence-corrected chi connectivity index (χ3v) is 6.09. The molecule has 4 heteroatoms. The summed E-state index contributed by atoms with van der Waals surface area (Å²) in [6.45, 7) is 6.25. The molecule has 2 atom stereocenters. The number of halogens is 2. The van der Waals surface area contributed by atoms with Crippen LogP contribution in [0.1, 0.15) is 47.1 Å². The number of benzene rings is 3. The fraction of sp³-hybridized carbons (Fsp3) is 0.296. The topological polar surface area (TPSA) is 29.1 Å². The second kappa shape index (κ2) is 10.8. The highest BCUT2D eigenvalue weighted by Crippen LogP contribution is 2.27. The molecule has 2 unspecified atom stereocenters. The highest BCUT2D eigenvalue weighted by atomic mass is 35.5. The van der Waals surface area contributed by atoms with Crippen molar-refractivity contribution >= 4 is 29.1 Å². The van der Waals surface area contributed by atoms with Crippen LogP contribution >= 0.6 is 23.2 Å². The lowest BCUT2D eigenvalue weighted by Gasteiger charge is -2.26. The normalized spacial score (nSPS) is 12.9. The molecule has 0 bridgehead atoms. The fourth-order valence-corrected chi connectivity index (χ4v) is 4.32. The van der Waals surface area contributed by atoms with Crippen molar-refractivity contribution in [2.75, 3.05) is 0 Å². The molecule has 1 amide bonds. The first-order valence-electron chi connectivity index (χ1n) is 10.7. The van der Waals surface area contributed by atoms with Crippen LogP contribution < -0.4 is 5.32 Å². The molecule has 0 radical (unpaired) electrons. The van der Waals surface area contributed by atoms with Crippen LogP contribution in [0.3, 0.4) is 0 Å². The Labute approximate surface area is 195 Å². The zero-order valence-corrected chi connectivity index (χ0v) is 19.8. The molecule has 3 aromatic rings. The molecule has 31 heavy (non-hydrogen) atoms. The zero-order valence-electron chi connectivity index (χ0n) is 18.3. The van der Waals surface area contributed by atoms with Gasteiger partial charge in [-0.2, -0.15) is 0 Å². The maximum Gasteiger partial charge on any atom is 0.220 e. The van der Waals surface area contributed by atoms with Crippen molar-refractivity contribution in [1.82, 2.24) is 5.32 Å². The second-order valence-electron chi connectivity index (χ2n) is 8.34. The highest BCUT2D eigenvalue weighted by Gasteiger charge is 2.22. The molecule has 0 aliphatic rings. The molecule has 0 spiro atoms. The van der Waals surface area contributed by atoms with Crippen LogP contribution in [0.25, 0.3) is 0 Å². The lowest BCUT2D eigenvalue weighted by Crippen LogP contribution is -2.38. The van der Waals surface area contributed by atoms with E-state index in [1.165, 1.54) is 22.3 Å². The molecule has 0 aliphatic heterocycles. The molecular formula is C27H29Cl2NO. The third kappa shape index (κ3) is 7.12. The Hall–Kier alpha value is -2.29. The molecule has 0 aromatic heterocycles. The average Bonchev–Trinajstić information content (AvgIpc) is 2.72. The summed E-state index contributed by atoms with van der Waals surface area (Å²) in [5.41, 5.74) is 6.00. The number of hydrogen-bond acceptors (Lipinski definition) is 1. The summed E-state index contributed by atoms with van der Waals surface area (Å²) >= 11 is 12.1. The average molecular weight is 454 g/mol. The number of rotatable bonds is 8. The van der Waals surface area contributed by atoms with Crippen LogP contribution in [-0.2, 0) is 17.6 Å². The number of amides is 1. The van der Waals surface area contributed by atoms with Crippen molar-refractivity contribution in [3.63, 3.8) is 0 Å². The van der Waals surface area contributed by atoms with Crippen molar-refractivity contribution in [1.29, 1.82) is 0 Å². The summed E-state index contributed by atoms with van der Waals surface area (Å²) in [5.74, 6) is 0.199. The van der Waals surface area contributed by atoms with Crippen molar-refractivity contribution in [2.45, 2.75) is 52.0 Å². The largest absolute Gasteiger partial charge is 0.353 e. The number of aryl methyl sites for hydroxylation is 3. The quantitative estimate of drug-likeness (QED) is 0.387. The van der Waals surface area contributed by atoms with E-state index in [9.17, 15) is 4.79 Å². The Morgan fingerprint density at radius 3 is 1.97 bits per heavy atom. The van der Waals surface area contributed by atoms with E-state index in [1.54, 1.807) is 0 Å². The smallest absolute Gasteiger partial charge is 0.220 e. The van der Waals surface area contributed by atoms with Crippen molar-refractivity contribution < 1.29 is 4.79 Å². The van der Waals surface area contributed by atoms with Gasteiger partial charge in [0.25, 0.3) is 0 Å². The van der Waals surface area contributed by atoms with E-state index in [1.807, 2.05) is 48.5 Å². The van der Waals surface area contributed by atoms with E-state index in [0.29, 0.717) is 11.4 Å². The summed E-state index contributed by atoms with van der Waals surface area (Å²) in [4.78, 5) is 12.7. The summed E-state index contributed by atoms with van der Waals surface area (Å²) in [6.07, 6.45) is 2.02. The van der Waals surface area contributed by atoms with Gasteiger partial charge in [0.05, 0.1) is 0 Å². The predicted octanol–water partition coefficient (Wildman–Crippen LogP) is 7.07. The number of carbonyl (C=O) groups is 1. The minimum absolute atomic E-state index is 0.0244. The maximum atomic E-state index is 12.7. The van der Waals surface area contributed by atoms with Crippen LogP contribution in [0, 0.1) is 13.8 Å². The molecule has 3 rings (SSSR count). The molecule has 0 saturated heterocycles. The Balaban J connectivity index is 1.69. The van der Waals surface area contributed by atoms with Gasteiger partial charge in [-0.05, 0) is 74.6 Å². The molecular weight excluding hydrogens is 425 g/mol. The van der Waals surface area contributed by atoms with Crippen LogP contribution in [0.2, 0.25) is 10.0 Å². The lowest BCUT2D eigenvalue weighted by molar-refractivity contribution is -0.121. The standard InChI is InChI=1S/C27H29Cl2NO/c1-18-14-19(2)16-22(15-18)6-13-27(31)30-20(3)26(23-7-11-25(29)12-8-23)17-21-4-9-24(28)10-5-21/h4-5,7-12,14-16,20,26H,6,13,17H2,1-3H3,(H,30,31). The molecule has 3 aromatic carbocycles. The van der Waals surface area contributed by atoms with E-state index in [4.69, 9.17) is 23.2 Å². The molecule has 2 nitrogen and oxygen atoms in total. The highest BCUT2D eigenvalue weighted by molar-refractivity contribution is 6.30. The SMILES string of the molecule is Cc1cc(C)cc(CCC(=O)NC(C)C(Cc2ccc(Cl)cc2)c2ccc(Cl)cc2)c1. The van der Waals surface area contributed by atoms with Gasteiger partial charge in [-0.15, -0.1) is 0 Å². The third-order valence-electron chi connectivity index (χ3n) is 5.58. The second-order valence-corrected chi connectivity index (χ2v) is 9.21. The first-order valence-corrected chi connectivity index (χ1v) is 11.4. The molecule has 1 N–H and O–H groups in total. The summed E-state index contributed by atoms with van der Waals surface area (Å²) in [7, 11) is 0. The van der Waals surface area contributed by atoms with Crippen molar-refractivity contribution in [3.8, 4) is 0 Å². The maximum absolute atomic E-state index is 12.7. The fourth-order valence-electron chi connectivity index (χ4n) is 4.07. The lowest BCUT2D eigenvalue weighted by atomic mass is 9.86. The van der Waals surface area contributed by atoms with Gasteiger partial charge in [0.1, 0.15) is 0 Å². The molecule has 162 valence electrons. The number of nitrogens with one attached hydrogen (secondary N) is 1. The van der Waals surface area contributed by atoms with Gasteiger partial charge in [0.15, 0.2) is 0 Å². The molecule has 0 fully saturated rings. The van der Waals surface area contributed by atoms with Gasteiger partial charge in [-0.3, -0.25) is 4.79 Å². The number of carbonyl (C=O) groups excluding carboxylic acids is 1. The zero-order chi connectivity index (χ0) is 22.4. The van der Waals surface area contributed by atoms with Gasteiger partial charge in [-0.1, -0.05) is 76.8 Å². The summed E-state index contributed by atoms with van der Waals surface area (Å²) < 4.78 is 0. The van der Waals surface area contributed by atoms with Crippen LogP contribution in [0.15, 0.2) is 66.7 Å². The van der Waals surface area contributed by atoms with E-state index in [0.717, 1.165) is 23.4 Å². The minimum Gasteiger partial charge on any atom is -0.353 e. The summed E-state index contributed by atoms with van der Waals surface area (Å²) in [5, 5.41) is 4.66. The first-order chi connectivity index (χ1) is 14.8. The first kappa shape index (κ1) is 23.4. The van der Waals surface area contributed by atoms with Gasteiger partial charge in [-0.25, -0.2) is 0 Å². The van der Waals surface area contributed by atoms with Gasteiger partial charge in [0, 0.05) is 28.4 Å². The molecule has 0 aliphatic carbocycles. The van der Waals surface area contributed by atoms with E-state index in [-0.39, 0.29) is 17.9 Å². The Morgan fingerprint density at radius 2 is 1.39 bits per heavy atom. The molecule has 0 saturated carbocycles. The monoisotopic (exact) mass is 453 g/mol. The van der Waals surface area contributed by atoms with E-state index in [2.05, 4.69) is 44.3 Å². The molecule has 0 heterocycles. The summed E-state index contributed by atoms with van der Waals surface area (Å²) in [6, 6.07) is 22.2. The van der Waals surface area contributed by atoms with E-state index < -0.39 is 0 Å². The minimum atomic E-state index is -0.0244. The number of hydrogen-bond donors (Lipinski definition) is 1. The predicted molar refractivity (Wildman–Crippen MR) is 131 cm³/mol. The van der Waals surface area contributed by atoms with Crippen molar-refractivity contribution in [2.24, 2.45) is 0 Å². The van der Waals surface area contributed by atoms with Crippen LogP contribution in [0.4, 0.5) is 0 Å². The Bertz CT molecular complexity index is 992. The van der Waals surface area contributed by atoms with Crippen molar-refractivity contribution in [3.05, 3.63) is 105 Å². The Kier molecular flexibility index (Phi) is 8.17. The van der Waals surface area contributed by atoms with Crippen LogP contribution in [-0.4, -0.2) is 11.9 Å². The van der Waals surface area contributed by atoms with Gasteiger partial charge in [0.2, 0.25) is 5.91 Å². The van der Waals surface area contributed by atoms with E-state index >= 15 is 0 Å². The van der Waals surface area contributed by atoms with Gasteiger partial charge >= 0.3 is 0 Å².